The molecule has 0 aliphatic heterocycles. The number of ether oxygens (including phenoxy) is 1. The number of anilines is 1. The van der Waals surface area contributed by atoms with Gasteiger partial charge in [0.2, 0.25) is 10.0 Å². The number of sulfonamides is 1. The van der Waals surface area contributed by atoms with Crippen LogP contribution in [0.5, 0.6) is 0 Å². The fourth-order valence-corrected chi connectivity index (χ4v) is 3.89. The van der Waals surface area contributed by atoms with E-state index < -0.39 is 22.0 Å². The van der Waals surface area contributed by atoms with Crippen LogP contribution in [0.3, 0.4) is 0 Å². The molecule has 24 heavy (non-hydrogen) atoms. The fourth-order valence-electron chi connectivity index (χ4n) is 2.47. The maximum atomic E-state index is 12.7. The fraction of sp³-hybridized carbons (Fsp3) is 0.312. The van der Waals surface area contributed by atoms with Gasteiger partial charge < -0.3 is 15.4 Å². The van der Waals surface area contributed by atoms with Crippen LogP contribution in [0.25, 0.3) is 10.8 Å². The van der Waals surface area contributed by atoms with Gasteiger partial charge in [0.15, 0.2) is 0 Å². The molecule has 0 aromatic heterocycles. The maximum absolute atomic E-state index is 12.7. The highest BCUT2D eigenvalue weighted by molar-refractivity contribution is 7.89. The molecule has 0 heterocycles. The van der Waals surface area contributed by atoms with Crippen LogP contribution in [0.1, 0.15) is 0 Å². The summed E-state index contributed by atoms with van der Waals surface area (Å²) in [4.78, 5) is 13.6. The Morgan fingerprint density at radius 1 is 1.21 bits per heavy atom. The number of fused-ring (bicyclic) bond motifs is 1. The monoisotopic (exact) mass is 351 g/mol. The maximum Gasteiger partial charge on any atom is 0.325 e. The Morgan fingerprint density at radius 3 is 2.42 bits per heavy atom. The largest absolute Gasteiger partial charge is 0.468 e. The van der Waals surface area contributed by atoms with Crippen LogP contribution >= 0.6 is 0 Å². The van der Waals surface area contributed by atoms with Gasteiger partial charge in [0, 0.05) is 37.1 Å². The third kappa shape index (κ3) is 3.50. The molecule has 3 N–H and O–H groups in total. The summed E-state index contributed by atoms with van der Waals surface area (Å²) in [6.07, 6.45) is 0. The lowest BCUT2D eigenvalue weighted by atomic mass is 10.1. The average molecular weight is 351 g/mol. The predicted octanol–water partition coefficient (Wildman–Crippen LogP) is 0.684. The number of methoxy groups -OCH3 is 1. The third-order valence-electron chi connectivity index (χ3n) is 3.65. The zero-order chi connectivity index (χ0) is 17.9. The van der Waals surface area contributed by atoms with Crippen LogP contribution in [0.15, 0.2) is 41.3 Å². The highest BCUT2D eigenvalue weighted by atomic mass is 32.2. The van der Waals surface area contributed by atoms with Crippen LogP contribution in [-0.4, -0.2) is 48.2 Å². The molecule has 2 rings (SSSR count). The SMILES string of the molecule is COC(=O)[C@H](CN)NS(=O)(=O)c1cccc2c(N(C)C)cccc12. The van der Waals surface area contributed by atoms with Crippen molar-refractivity contribution in [3.05, 3.63) is 36.4 Å². The Morgan fingerprint density at radius 2 is 1.83 bits per heavy atom. The number of carbonyl (C=O) groups is 1. The first-order chi connectivity index (χ1) is 11.3. The Bertz CT molecular complexity index is 850. The number of rotatable bonds is 6. The second kappa shape index (κ2) is 7.16. The van der Waals surface area contributed by atoms with Gasteiger partial charge in [-0.3, -0.25) is 4.79 Å². The topological polar surface area (TPSA) is 102 Å². The van der Waals surface area contributed by atoms with Crippen molar-refractivity contribution in [3.63, 3.8) is 0 Å². The molecule has 8 heteroatoms. The quantitative estimate of drug-likeness (QED) is 0.742. The molecular weight excluding hydrogens is 330 g/mol. The number of esters is 1. The number of benzene rings is 2. The minimum absolute atomic E-state index is 0.0889. The summed E-state index contributed by atoms with van der Waals surface area (Å²) in [5.41, 5.74) is 6.37. The minimum Gasteiger partial charge on any atom is -0.468 e. The van der Waals surface area contributed by atoms with Crippen molar-refractivity contribution in [2.75, 3.05) is 32.6 Å². The lowest BCUT2D eigenvalue weighted by molar-refractivity contribution is -0.142. The molecule has 0 aliphatic rings. The van der Waals surface area contributed by atoms with E-state index in [9.17, 15) is 13.2 Å². The van der Waals surface area contributed by atoms with E-state index in [0.717, 1.165) is 11.1 Å². The van der Waals surface area contributed by atoms with Crippen molar-refractivity contribution >= 4 is 32.5 Å². The molecule has 2 aromatic carbocycles. The van der Waals surface area contributed by atoms with Gasteiger partial charge in [-0.1, -0.05) is 24.3 Å². The van der Waals surface area contributed by atoms with Crippen molar-refractivity contribution in [2.24, 2.45) is 5.73 Å². The molecular formula is C16H21N3O4S. The number of nitrogens with two attached hydrogens (primary N) is 1. The third-order valence-corrected chi connectivity index (χ3v) is 5.18. The van der Waals surface area contributed by atoms with Gasteiger partial charge in [0.1, 0.15) is 6.04 Å². The zero-order valence-corrected chi connectivity index (χ0v) is 14.6. The van der Waals surface area contributed by atoms with Crippen molar-refractivity contribution in [3.8, 4) is 0 Å². The molecule has 7 nitrogen and oxygen atoms in total. The first-order valence-corrected chi connectivity index (χ1v) is 8.79. The summed E-state index contributed by atoms with van der Waals surface area (Å²) >= 11 is 0. The van der Waals surface area contributed by atoms with E-state index in [1.54, 1.807) is 18.2 Å². The molecule has 0 bridgehead atoms. The van der Waals surface area contributed by atoms with E-state index in [1.807, 2.05) is 31.1 Å². The van der Waals surface area contributed by atoms with Gasteiger partial charge in [0.25, 0.3) is 0 Å². The van der Waals surface area contributed by atoms with E-state index in [4.69, 9.17) is 5.73 Å². The molecule has 0 fully saturated rings. The Balaban J connectivity index is 2.55. The molecule has 0 saturated carbocycles. The van der Waals surface area contributed by atoms with Gasteiger partial charge in [-0.2, -0.15) is 4.72 Å². The summed E-state index contributed by atoms with van der Waals surface area (Å²) < 4.78 is 32.3. The lowest BCUT2D eigenvalue weighted by Crippen LogP contribution is -2.46. The van der Waals surface area contributed by atoms with Gasteiger partial charge >= 0.3 is 5.97 Å². The number of hydrogen-bond donors (Lipinski definition) is 2. The van der Waals surface area contributed by atoms with E-state index in [1.165, 1.54) is 13.2 Å². The van der Waals surface area contributed by atoms with E-state index in [0.29, 0.717) is 5.39 Å². The lowest BCUT2D eigenvalue weighted by Gasteiger charge is -2.18. The Kier molecular flexibility index (Phi) is 5.43. The Hall–Kier alpha value is -2.16. The molecule has 0 radical (unpaired) electrons. The second-order valence-electron chi connectivity index (χ2n) is 5.46. The van der Waals surface area contributed by atoms with Crippen LogP contribution in [0.2, 0.25) is 0 Å². The summed E-state index contributed by atoms with van der Waals surface area (Å²) in [5, 5.41) is 1.37. The summed E-state index contributed by atoms with van der Waals surface area (Å²) in [7, 11) is 1.01. The summed E-state index contributed by atoms with van der Waals surface area (Å²) in [5.74, 6) is -0.727. The second-order valence-corrected chi connectivity index (χ2v) is 7.14. The zero-order valence-electron chi connectivity index (χ0n) is 13.8. The standard InChI is InChI=1S/C16H21N3O4S/c1-19(2)14-8-4-7-12-11(14)6-5-9-15(12)24(21,22)18-13(10-17)16(20)23-3/h4-9,13,18H,10,17H2,1-3H3/t13-/m0/s1. The first-order valence-electron chi connectivity index (χ1n) is 7.31. The molecule has 0 saturated heterocycles. The van der Waals surface area contributed by atoms with Crippen molar-refractivity contribution in [2.45, 2.75) is 10.9 Å². The summed E-state index contributed by atoms with van der Waals surface area (Å²) in [6, 6.07) is 9.30. The van der Waals surface area contributed by atoms with Gasteiger partial charge in [-0.15, -0.1) is 0 Å². The highest BCUT2D eigenvalue weighted by Gasteiger charge is 2.26. The first kappa shape index (κ1) is 18.2. The molecule has 2 aromatic rings. The van der Waals surface area contributed by atoms with Crippen molar-refractivity contribution in [1.82, 2.24) is 4.72 Å². The number of nitrogens with zero attached hydrogens (tertiary/aromatic N) is 1. The molecule has 130 valence electrons. The van der Waals surface area contributed by atoms with Gasteiger partial charge in [0.05, 0.1) is 12.0 Å². The average Bonchev–Trinajstić information content (AvgIpc) is 2.57. The molecule has 0 spiro atoms. The number of hydrogen-bond acceptors (Lipinski definition) is 6. The number of carbonyl (C=O) groups excluding carboxylic acids is 1. The van der Waals surface area contributed by atoms with E-state index >= 15 is 0 Å². The van der Waals surface area contributed by atoms with Crippen molar-refractivity contribution in [1.29, 1.82) is 0 Å². The molecule has 1 atom stereocenters. The number of nitrogens with one attached hydrogen (secondary N) is 1. The van der Waals surface area contributed by atoms with Gasteiger partial charge in [-0.25, -0.2) is 8.42 Å². The van der Waals surface area contributed by atoms with E-state index in [-0.39, 0.29) is 11.4 Å². The molecule has 0 amide bonds. The highest BCUT2D eigenvalue weighted by Crippen LogP contribution is 2.30. The smallest absolute Gasteiger partial charge is 0.325 e. The van der Waals surface area contributed by atoms with Gasteiger partial charge in [-0.05, 0) is 12.1 Å². The van der Waals surface area contributed by atoms with Crippen LogP contribution in [0.4, 0.5) is 5.69 Å². The normalized spacial score (nSPS) is 12.8. The van der Waals surface area contributed by atoms with Crippen LogP contribution in [0, 0.1) is 0 Å². The Labute approximate surface area is 141 Å². The van der Waals surface area contributed by atoms with Crippen LogP contribution in [-0.2, 0) is 19.6 Å². The molecule has 0 aliphatic carbocycles. The van der Waals surface area contributed by atoms with Crippen molar-refractivity contribution < 1.29 is 17.9 Å². The van der Waals surface area contributed by atoms with Crippen LogP contribution < -0.4 is 15.4 Å². The predicted molar refractivity (Wildman–Crippen MR) is 93.5 cm³/mol. The summed E-state index contributed by atoms with van der Waals surface area (Å²) in [6.45, 7) is -0.195. The minimum atomic E-state index is -3.95. The molecule has 0 unspecified atom stereocenters. The van der Waals surface area contributed by atoms with E-state index in [2.05, 4.69) is 9.46 Å².